The first-order chi connectivity index (χ1) is 47.8. The van der Waals surface area contributed by atoms with Gasteiger partial charge < -0.3 is 9.80 Å². The van der Waals surface area contributed by atoms with Crippen LogP contribution >= 0.6 is 0 Å². The zero-order chi connectivity index (χ0) is 66.7. The Morgan fingerprint density at radius 1 is 0.153 bits per heavy atom. The number of nitrogens with zero attached hydrogens (tertiary/aromatic N) is 2. The zero-order valence-corrected chi connectivity index (χ0v) is 51.9. The molecule has 0 saturated heterocycles. The first-order valence-corrected chi connectivity index (χ1v) is 31.8. The van der Waals surface area contributed by atoms with Crippen LogP contribution in [-0.4, -0.2) is 0 Å². The van der Waals surface area contributed by atoms with Gasteiger partial charge in [-0.3, -0.25) is 0 Å². The number of benzene rings is 16. The number of hydrogen-bond acceptors (Lipinski definition) is 2. The Morgan fingerprint density at radius 2 is 0.327 bits per heavy atom. The van der Waals surface area contributed by atoms with Crippen molar-refractivity contribution < 1.29 is 35.1 Å². The molecule has 10 heteroatoms. The summed E-state index contributed by atoms with van der Waals surface area (Å²) >= 11 is 0. The molecular formula is C88H52F8N2. The van der Waals surface area contributed by atoms with Gasteiger partial charge in [-0.05, 0) is 220 Å². The molecule has 0 spiro atoms. The van der Waals surface area contributed by atoms with E-state index in [1.54, 1.807) is 107 Å². The van der Waals surface area contributed by atoms with Gasteiger partial charge >= 0.3 is 0 Å². The molecule has 0 saturated carbocycles. The lowest BCUT2D eigenvalue weighted by molar-refractivity contribution is 0.619. The van der Waals surface area contributed by atoms with Crippen LogP contribution in [0.1, 0.15) is 0 Å². The van der Waals surface area contributed by atoms with Crippen molar-refractivity contribution in [1.82, 2.24) is 0 Å². The number of hydrogen-bond donors (Lipinski definition) is 0. The van der Waals surface area contributed by atoms with Crippen LogP contribution in [0.2, 0.25) is 0 Å². The minimum absolute atomic E-state index is 0.0376. The van der Waals surface area contributed by atoms with Crippen LogP contribution < -0.4 is 9.80 Å². The van der Waals surface area contributed by atoms with Crippen molar-refractivity contribution in [3.05, 3.63) is 362 Å². The monoisotopic (exact) mass is 1290 g/mol. The lowest BCUT2D eigenvalue weighted by atomic mass is 9.91. The van der Waals surface area contributed by atoms with Crippen molar-refractivity contribution in [3.63, 3.8) is 0 Å². The van der Waals surface area contributed by atoms with E-state index in [2.05, 4.69) is 0 Å². The maximum Gasteiger partial charge on any atom is 0.147 e. The molecule has 0 bridgehead atoms. The molecule has 0 heterocycles. The van der Waals surface area contributed by atoms with Crippen molar-refractivity contribution >= 4 is 66.4 Å². The molecule has 0 aliphatic heterocycles. The lowest BCUT2D eigenvalue weighted by Crippen LogP contribution is -2.15. The van der Waals surface area contributed by atoms with Gasteiger partial charge in [0.1, 0.15) is 46.5 Å². The molecule has 0 N–H and O–H groups in total. The second kappa shape index (κ2) is 25.1. The SMILES string of the molecule is Fc1ccc(-c2ccc(-c3ccc(F)c(N(c4cc(-c5ccc(-c6ccc(F)cc6)cc5)ccc4F)c4ccc5ccc6c(N(c7cc(-c8ccc(-c9ccc(F)cc9)cc8)ccc7F)c7cc(-c8ccc(-c9ccc(F)cc9)cc8)ccc7F)ccc7ccc4c5c76)c3)cc2)cc1. The smallest absolute Gasteiger partial charge is 0.147 e. The second-order valence-electron chi connectivity index (χ2n) is 24.3. The Bertz CT molecular complexity index is 5030. The molecule has 470 valence electrons. The van der Waals surface area contributed by atoms with Crippen molar-refractivity contribution in [1.29, 1.82) is 0 Å². The van der Waals surface area contributed by atoms with Gasteiger partial charge in [-0.25, -0.2) is 35.1 Å². The molecule has 0 unspecified atom stereocenters. The molecule has 98 heavy (non-hydrogen) atoms. The Morgan fingerprint density at radius 3 is 0.541 bits per heavy atom. The Kier molecular flexibility index (Phi) is 15.5. The highest BCUT2D eigenvalue weighted by atomic mass is 19.2. The van der Waals surface area contributed by atoms with Crippen LogP contribution in [0, 0.1) is 46.5 Å². The van der Waals surface area contributed by atoms with Gasteiger partial charge in [0, 0.05) is 10.8 Å². The summed E-state index contributed by atoms with van der Waals surface area (Å²) in [6.45, 7) is 0. The molecule has 16 aromatic rings. The summed E-state index contributed by atoms with van der Waals surface area (Å²) in [6, 6.07) is 89.5. The minimum atomic E-state index is -0.644. The molecule has 0 aliphatic rings. The first kappa shape index (κ1) is 60.5. The van der Waals surface area contributed by atoms with Crippen molar-refractivity contribution in [2.75, 3.05) is 9.80 Å². The van der Waals surface area contributed by atoms with Crippen LogP contribution in [0.5, 0.6) is 0 Å². The van der Waals surface area contributed by atoms with Crippen LogP contribution in [0.25, 0.3) is 121 Å². The van der Waals surface area contributed by atoms with Crippen LogP contribution in [0.3, 0.4) is 0 Å². The third kappa shape index (κ3) is 11.4. The highest BCUT2D eigenvalue weighted by Gasteiger charge is 2.28. The summed E-state index contributed by atoms with van der Waals surface area (Å²) in [7, 11) is 0. The molecule has 16 rings (SSSR count). The van der Waals surface area contributed by atoms with Gasteiger partial charge in [-0.15, -0.1) is 0 Å². The maximum absolute atomic E-state index is 17.5. The van der Waals surface area contributed by atoms with E-state index in [0.29, 0.717) is 44.4 Å². The van der Waals surface area contributed by atoms with Gasteiger partial charge in [0.05, 0.1) is 34.1 Å². The van der Waals surface area contributed by atoms with E-state index in [1.807, 2.05) is 146 Å². The van der Waals surface area contributed by atoms with E-state index >= 15 is 17.6 Å². The fourth-order valence-electron chi connectivity index (χ4n) is 13.4. The number of halogens is 8. The van der Waals surface area contributed by atoms with Crippen molar-refractivity contribution in [2.45, 2.75) is 0 Å². The quantitative estimate of drug-likeness (QED) is 0.0791. The molecule has 2 nitrogen and oxygen atoms in total. The third-order valence-electron chi connectivity index (χ3n) is 18.4. The van der Waals surface area contributed by atoms with E-state index in [-0.39, 0.29) is 46.0 Å². The summed E-state index contributed by atoms with van der Waals surface area (Å²) in [5.41, 5.74) is 13.1. The molecule has 0 radical (unpaired) electrons. The van der Waals surface area contributed by atoms with E-state index in [9.17, 15) is 17.6 Å². The fourth-order valence-corrected chi connectivity index (χ4v) is 13.4. The van der Waals surface area contributed by atoms with E-state index in [0.717, 1.165) is 88.3 Å². The summed E-state index contributed by atoms with van der Waals surface area (Å²) in [4.78, 5) is 3.22. The number of rotatable bonds is 14. The zero-order valence-electron chi connectivity index (χ0n) is 51.9. The Hall–Kier alpha value is -12.4. The first-order valence-electron chi connectivity index (χ1n) is 31.8. The molecule has 16 aromatic carbocycles. The van der Waals surface area contributed by atoms with E-state index in [4.69, 9.17) is 0 Å². The highest BCUT2D eigenvalue weighted by molar-refractivity contribution is 6.28. The summed E-state index contributed by atoms with van der Waals surface area (Å²) in [5, 5.41) is 4.23. The largest absolute Gasteiger partial charge is 0.304 e. The standard InChI is InChI=1S/C88H52F8N2/c89-71-33-17-57(18-34-71)53-1-9-61(10-2-53)67-27-43-77(93)83(49-67)97(84-50-68(28-44-78(84)94)62-11-3-54(4-12-62)58-19-35-72(90)36-20-58)81-47-31-65-26-42-76-82(48-32-66-25-41-75(81)87(65)88(66)76)98(85-51-69(29-45-79(85)95)63-13-5-55(6-14-63)59-21-37-73(91)38-22-59)86-52-70(30-46-80(86)96)64-15-7-56(8-16-64)60-23-39-74(92)40-24-60/h1-52H. The molecular weight excluding hydrogens is 1240 g/mol. The third-order valence-corrected chi connectivity index (χ3v) is 18.4. The van der Waals surface area contributed by atoms with Gasteiger partial charge in [-0.1, -0.05) is 206 Å². The average molecular weight is 1290 g/mol. The number of anilines is 6. The predicted molar refractivity (Wildman–Crippen MR) is 383 cm³/mol. The second-order valence-corrected chi connectivity index (χ2v) is 24.3. The van der Waals surface area contributed by atoms with E-state index in [1.165, 1.54) is 72.8 Å². The normalized spacial score (nSPS) is 11.5. The Labute approximate surface area is 559 Å². The van der Waals surface area contributed by atoms with Crippen molar-refractivity contribution in [2.24, 2.45) is 0 Å². The van der Waals surface area contributed by atoms with Crippen molar-refractivity contribution in [3.8, 4) is 89.0 Å². The minimum Gasteiger partial charge on any atom is -0.304 e. The summed E-state index contributed by atoms with van der Waals surface area (Å²) in [5.74, 6) is -3.98. The molecule has 0 amide bonds. The Balaban J connectivity index is 0.874. The fraction of sp³-hybridized carbons (Fsp3) is 0. The van der Waals surface area contributed by atoms with Crippen LogP contribution in [0.4, 0.5) is 69.2 Å². The van der Waals surface area contributed by atoms with Crippen LogP contribution in [0.15, 0.2) is 315 Å². The topological polar surface area (TPSA) is 6.48 Å². The summed E-state index contributed by atoms with van der Waals surface area (Å²) in [6.07, 6.45) is 0. The summed E-state index contributed by atoms with van der Waals surface area (Å²) < 4.78 is 126. The predicted octanol–water partition coefficient (Wildman–Crippen LogP) is 26.0. The van der Waals surface area contributed by atoms with Gasteiger partial charge in [0.25, 0.3) is 0 Å². The lowest BCUT2D eigenvalue weighted by Gasteiger charge is -2.30. The van der Waals surface area contributed by atoms with Gasteiger partial charge in [0.2, 0.25) is 0 Å². The maximum atomic E-state index is 17.5. The van der Waals surface area contributed by atoms with E-state index < -0.39 is 23.3 Å². The molecule has 0 fully saturated rings. The molecule has 0 aliphatic carbocycles. The van der Waals surface area contributed by atoms with Gasteiger partial charge in [-0.2, -0.15) is 0 Å². The highest BCUT2D eigenvalue weighted by Crippen LogP contribution is 2.51. The molecule has 0 atom stereocenters. The molecule has 0 aromatic heterocycles. The van der Waals surface area contributed by atoms with Gasteiger partial charge in [0.15, 0.2) is 0 Å². The van der Waals surface area contributed by atoms with Crippen LogP contribution in [-0.2, 0) is 0 Å². The average Bonchev–Trinajstić information content (AvgIpc) is 0.718.